The van der Waals surface area contributed by atoms with E-state index < -0.39 is 36.3 Å². The van der Waals surface area contributed by atoms with E-state index in [4.69, 9.17) is 0 Å². The van der Waals surface area contributed by atoms with Crippen LogP contribution in [-0.2, 0) is 14.4 Å². The van der Waals surface area contributed by atoms with Gasteiger partial charge in [0.25, 0.3) is 0 Å². The third-order valence-electron chi connectivity index (χ3n) is 3.94. The van der Waals surface area contributed by atoms with E-state index in [1.807, 2.05) is 30.3 Å². The van der Waals surface area contributed by atoms with Crippen LogP contribution in [-0.4, -0.2) is 46.1 Å². The molecule has 2 aromatic rings. The summed E-state index contributed by atoms with van der Waals surface area (Å²) >= 11 is 0. The van der Waals surface area contributed by atoms with Crippen molar-refractivity contribution in [1.82, 2.24) is 9.80 Å². The molecule has 7 heteroatoms. The third kappa shape index (κ3) is 3.08. The number of anilines is 1. The monoisotopic (exact) mass is 339 g/mol. The van der Waals surface area contributed by atoms with Gasteiger partial charge in [0.15, 0.2) is 0 Å². The highest BCUT2D eigenvalue weighted by Crippen LogP contribution is 2.19. The Balaban J connectivity index is 1.72. The molecule has 5 amide bonds. The molecule has 128 valence electrons. The number of urea groups is 1. The lowest BCUT2D eigenvalue weighted by atomic mass is 10.1. The highest BCUT2D eigenvalue weighted by molar-refractivity contribution is 6.45. The molecule has 1 N–H and O–H groups in total. The van der Waals surface area contributed by atoms with Crippen LogP contribution < -0.4 is 5.32 Å². The number of carbonyl (C=O) groups is 4. The maximum Gasteiger partial charge on any atom is 0.334 e. The van der Waals surface area contributed by atoms with Crippen LogP contribution in [0.25, 0.3) is 10.8 Å². The number of nitrogens with zero attached hydrogens (tertiary/aromatic N) is 2. The molecule has 0 bridgehead atoms. The molecule has 0 unspecified atom stereocenters. The smallest absolute Gasteiger partial charge is 0.325 e. The Morgan fingerprint density at radius 2 is 1.68 bits per heavy atom. The SMILES string of the molecule is CC(C)N1C(=O)C(=O)N(CC(=O)Nc2ccc3ccccc3c2)C1=O. The van der Waals surface area contributed by atoms with Gasteiger partial charge in [0.2, 0.25) is 5.91 Å². The van der Waals surface area contributed by atoms with Crippen molar-refractivity contribution in [3.63, 3.8) is 0 Å². The topological polar surface area (TPSA) is 86.8 Å². The van der Waals surface area contributed by atoms with Gasteiger partial charge >= 0.3 is 17.8 Å². The molecule has 1 aliphatic heterocycles. The highest BCUT2D eigenvalue weighted by atomic mass is 16.2. The number of fused-ring (bicyclic) bond motifs is 1. The number of amides is 5. The van der Waals surface area contributed by atoms with E-state index in [2.05, 4.69) is 5.32 Å². The van der Waals surface area contributed by atoms with Gasteiger partial charge in [0, 0.05) is 11.7 Å². The zero-order valence-corrected chi connectivity index (χ0v) is 13.9. The summed E-state index contributed by atoms with van der Waals surface area (Å²) in [6.07, 6.45) is 0. The summed E-state index contributed by atoms with van der Waals surface area (Å²) in [5.74, 6) is -2.43. The molecular formula is C18H17N3O4. The van der Waals surface area contributed by atoms with Crippen LogP contribution >= 0.6 is 0 Å². The van der Waals surface area contributed by atoms with E-state index in [-0.39, 0.29) is 0 Å². The molecule has 7 nitrogen and oxygen atoms in total. The second-order valence-electron chi connectivity index (χ2n) is 6.05. The highest BCUT2D eigenvalue weighted by Gasteiger charge is 2.46. The Morgan fingerprint density at radius 1 is 1.00 bits per heavy atom. The van der Waals surface area contributed by atoms with E-state index in [0.29, 0.717) is 10.6 Å². The Kier molecular flexibility index (Phi) is 4.22. The predicted octanol–water partition coefficient (Wildman–Crippen LogP) is 1.98. The maximum atomic E-state index is 12.2. The van der Waals surface area contributed by atoms with Gasteiger partial charge in [0.1, 0.15) is 6.54 Å². The van der Waals surface area contributed by atoms with E-state index in [1.54, 1.807) is 26.0 Å². The quantitative estimate of drug-likeness (QED) is 0.681. The van der Waals surface area contributed by atoms with E-state index >= 15 is 0 Å². The number of benzene rings is 2. The van der Waals surface area contributed by atoms with Crippen molar-refractivity contribution in [2.75, 3.05) is 11.9 Å². The Labute approximate surface area is 144 Å². The molecule has 0 radical (unpaired) electrons. The fourth-order valence-electron chi connectivity index (χ4n) is 2.73. The molecule has 1 heterocycles. The number of rotatable bonds is 4. The average Bonchev–Trinajstić information content (AvgIpc) is 2.78. The van der Waals surface area contributed by atoms with Gasteiger partial charge in [-0.1, -0.05) is 30.3 Å². The van der Waals surface area contributed by atoms with Gasteiger partial charge in [-0.2, -0.15) is 0 Å². The third-order valence-corrected chi connectivity index (χ3v) is 3.94. The van der Waals surface area contributed by atoms with Crippen LogP contribution in [0.2, 0.25) is 0 Å². The van der Waals surface area contributed by atoms with Gasteiger partial charge in [-0.05, 0) is 36.8 Å². The zero-order valence-electron chi connectivity index (χ0n) is 13.9. The number of hydrogen-bond donors (Lipinski definition) is 1. The van der Waals surface area contributed by atoms with Gasteiger partial charge in [-0.3, -0.25) is 19.3 Å². The summed E-state index contributed by atoms with van der Waals surface area (Å²) in [6, 6.07) is 11.9. The first kappa shape index (κ1) is 16.6. The molecule has 0 saturated carbocycles. The normalized spacial score (nSPS) is 14.8. The largest absolute Gasteiger partial charge is 0.334 e. The minimum Gasteiger partial charge on any atom is -0.325 e. The standard InChI is InChI=1S/C18H17N3O4/c1-11(2)21-17(24)16(23)20(18(21)25)10-15(22)19-14-8-7-12-5-3-4-6-13(12)9-14/h3-9,11H,10H2,1-2H3,(H,19,22). The molecule has 1 fully saturated rings. The summed E-state index contributed by atoms with van der Waals surface area (Å²) in [4.78, 5) is 49.6. The van der Waals surface area contributed by atoms with Crippen molar-refractivity contribution in [3.8, 4) is 0 Å². The number of carbonyl (C=O) groups excluding carboxylic acids is 4. The number of imide groups is 2. The molecule has 0 spiro atoms. The molecule has 1 aliphatic rings. The first-order chi connectivity index (χ1) is 11.9. The van der Waals surface area contributed by atoms with Crippen molar-refractivity contribution in [2.24, 2.45) is 0 Å². The summed E-state index contributed by atoms with van der Waals surface area (Å²) in [5.41, 5.74) is 0.551. The maximum absolute atomic E-state index is 12.2. The number of nitrogens with one attached hydrogen (secondary N) is 1. The molecule has 3 rings (SSSR count). The molecule has 0 aromatic heterocycles. The zero-order chi connectivity index (χ0) is 18.1. The van der Waals surface area contributed by atoms with Crippen LogP contribution in [0, 0.1) is 0 Å². The summed E-state index contributed by atoms with van der Waals surface area (Å²) < 4.78 is 0. The first-order valence-electron chi connectivity index (χ1n) is 7.86. The minimum absolute atomic E-state index is 0.447. The second kappa shape index (κ2) is 6.35. The lowest BCUT2D eigenvalue weighted by Gasteiger charge is -2.18. The van der Waals surface area contributed by atoms with Gasteiger partial charge in [-0.15, -0.1) is 0 Å². The number of hydrogen-bond acceptors (Lipinski definition) is 4. The van der Waals surface area contributed by atoms with Crippen LogP contribution in [0.1, 0.15) is 13.8 Å². The van der Waals surface area contributed by atoms with Crippen molar-refractivity contribution in [2.45, 2.75) is 19.9 Å². The summed E-state index contributed by atoms with van der Waals surface area (Å²) in [5, 5.41) is 4.63. The lowest BCUT2D eigenvalue weighted by Crippen LogP contribution is -2.40. The van der Waals surface area contributed by atoms with Crippen molar-refractivity contribution in [3.05, 3.63) is 42.5 Å². The minimum atomic E-state index is -0.979. The fraction of sp³-hybridized carbons (Fsp3) is 0.222. The molecule has 2 aromatic carbocycles. The lowest BCUT2D eigenvalue weighted by molar-refractivity contribution is -0.144. The van der Waals surface area contributed by atoms with Crippen molar-refractivity contribution >= 4 is 40.2 Å². The fourth-order valence-corrected chi connectivity index (χ4v) is 2.73. The van der Waals surface area contributed by atoms with Crippen LogP contribution in [0.15, 0.2) is 42.5 Å². The summed E-state index contributed by atoms with van der Waals surface area (Å²) in [7, 11) is 0. The molecular weight excluding hydrogens is 322 g/mol. The van der Waals surface area contributed by atoms with E-state index in [1.165, 1.54) is 0 Å². The molecule has 0 atom stereocenters. The Bertz CT molecular complexity index is 891. The van der Waals surface area contributed by atoms with E-state index in [0.717, 1.165) is 15.7 Å². The van der Waals surface area contributed by atoms with Crippen LogP contribution in [0.3, 0.4) is 0 Å². The Morgan fingerprint density at radius 3 is 2.32 bits per heavy atom. The van der Waals surface area contributed by atoms with Crippen molar-refractivity contribution < 1.29 is 19.2 Å². The van der Waals surface area contributed by atoms with E-state index in [9.17, 15) is 19.2 Å². The molecule has 1 saturated heterocycles. The van der Waals surface area contributed by atoms with Crippen LogP contribution in [0.5, 0.6) is 0 Å². The first-order valence-corrected chi connectivity index (χ1v) is 7.86. The Hall–Kier alpha value is -3.22. The van der Waals surface area contributed by atoms with Gasteiger partial charge in [-0.25, -0.2) is 9.69 Å². The van der Waals surface area contributed by atoms with Crippen molar-refractivity contribution in [1.29, 1.82) is 0 Å². The van der Waals surface area contributed by atoms with Gasteiger partial charge < -0.3 is 5.32 Å². The molecule has 0 aliphatic carbocycles. The molecule has 25 heavy (non-hydrogen) atoms. The van der Waals surface area contributed by atoms with Gasteiger partial charge in [0.05, 0.1) is 0 Å². The predicted molar refractivity (Wildman–Crippen MR) is 91.7 cm³/mol. The summed E-state index contributed by atoms with van der Waals surface area (Å²) in [6.45, 7) is 2.75. The second-order valence-corrected chi connectivity index (χ2v) is 6.05. The average molecular weight is 339 g/mol. The van der Waals surface area contributed by atoms with Crippen LogP contribution in [0.4, 0.5) is 10.5 Å².